The average Bonchev–Trinajstić information content (AvgIpc) is 3.40. The number of hydrogen-bond acceptors (Lipinski definition) is 8. The summed E-state index contributed by atoms with van der Waals surface area (Å²) in [5.41, 5.74) is 4.48. The second-order valence-electron chi connectivity index (χ2n) is 13.0. The second kappa shape index (κ2) is 14.6. The van der Waals surface area contributed by atoms with Crippen LogP contribution in [0.4, 0.5) is 10.1 Å². The highest BCUT2D eigenvalue weighted by Crippen LogP contribution is 2.27. The van der Waals surface area contributed by atoms with E-state index in [4.69, 9.17) is 26.1 Å². The molecule has 5 heterocycles. The third kappa shape index (κ3) is 7.90. The molecule has 0 radical (unpaired) electrons. The molecule has 1 atom stereocenters. The molecule has 2 aliphatic rings. The Kier molecular flexibility index (Phi) is 9.84. The first-order chi connectivity index (χ1) is 23.8. The highest BCUT2D eigenvalue weighted by Gasteiger charge is 2.26. The van der Waals surface area contributed by atoms with Gasteiger partial charge in [0.15, 0.2) is 0 Å². The number of ether oxygens (including phenoxy) is 2. The van der Waals surface area contributed by atoms with Gasteiger partial charge in [-0.1, -0.05) is 31.5 Å². The monoisotopic (exact) mass is 683 g/mol. The summed E-state index contributed by atoms with van der Waals surface area (Å²) in [6, 6.07) is 15.9. The van der Waals surface area contributed by atoms with Gasteiger partial charge >= 0.3 is 0 Å². The van der Waals surface area contributed by atoms with Gasteiger partial charge in [-0.25, -0.2) is 14.4 Å². The molecule has 2 aromatic carbocycles. The first-order valence-corrected chi connectivity index (χ1v) is 17.2. The fraction of sp³-hybridized carbons (Fsp3) is 0.378. The molecule has 5 aromatic rings. The lowest BCUT2D eigenvalue weighted by Gasteiger charge is -2.32. The van der Waals surface area contributed by atoms with Gasteiger partial charge in [-0.05, 0) is 73.2 Å². The van der Waals surface area contributed by atoms with Gasteiger partial charge in [-0.15, -0.1) is 0 Å². The number of aromatic nitrogens is 5. The Morgan fingerprint density at radius 3 is 2.61 bits per heavy atom. The zero-order chi connectivity index (χ0) is 33.9. The molecule has 3 aromatic heterocycles. The number of piperidine rings is 1. The number of anilines is 1. The van der Waals surface area contributed by atoms with E-state index in [1.54, 1.807) is 30.6 Å². The van der Waals surface area contributed by atoms with E-state index in [1.807, 2.05) is 30.3 Å². The Hall–Kier alpha value is -4.45. The standard InChI is InChI=1S/C37H39ClFN7O3/c1-23(2)31-7-4-25(20-41-31)37(47)42-27-6-8-33-32(19-27)43-35(46(33)21-29-12-16-48-29)22-45-14-10-28(11-15-45)49-36-9-13-40-34(44-36)17-24-3-5-26(38)18-30(24)39/h3-9,13,18-20,23,28-29H,10-12,14-17,21-22H2,1-2H3,(H,42,47)/t29-/m0/s1. The number of benzene rings is 2. The second-order valence-corrected chi connectivity index (χ2v) is 13.5. The van der Waals surface area contributed by atoms with Crippen LogP contribution in [0.15, 0.2) is 67.0 Å². The molecule has 2 saturated heterocycles. The Morgan fingerprint density at radius 1 is 1.06 bits per heavy atom. The summed E-state index contributed by atoms with van der Waals surface area (Å²) in [7, 11) is 0. The smallest absolute Gasteiger partial charge is 0.257 e. The summed E-state index contributed by atoms with van der Waals surface area (Å²) in [5.74, 6) is 1.67. The lowest BCUT2D eigenvalue weighted by atomic mass is 10.1. The van der Waals surface area contributed by atoms with Gasteiger partial charge in [0, 0.05) is 61.0 Å². The quantitative estimate of drug-likeness (QED) is 0.162. The largest absolute Gasteiger partial charge is 0.474 e. The van der Waals surface area contributed by atoms with Gasteiger partial charge in [-0.2, -0.15) is 4.98 Å². The van der Waals surface area contributed by atoms with Crippen molar-refractivity contribution in [1.82, 2.24) is 29.4 Å². The first-order valence-electron chi connectivity index (χ1n) is 16.8. The molecule has 7 rings (SSSR count). The minimum Gasteiger partial charge on any atom is -0.474 e. The number of halogens is 2. The lowest BCUT2D eigenvalue weighted by molar-refractivity contribution is -0.0592. The number of nitrogens with zero attached hydrogens (tertiary/aromatic N) is 6. The van der Waals surface area contributed by atoms with Crippen LogP contribution in [0.1, 0.15) is 72.3 Å². The highest BCUT2D eigenvalue weighted by atomic mass is 35.5. The van der Waals surface area contributed by atoms with E-state index < -0.39 is 0 Å². The van der Waals surface area contributed by atoms with Crippen LogP contribution >= 0.6 is 11.6 Å². The molecule has 1 amide bonds. The van der Waals surface area contributed by atoms with Crippen LogP contribution in [-0.2, 0) is 24.2 Å². The normalized spacial score (nSPS) is 17.0. The lowest BCUT2D eigenvalue weighted by Crippen LogP contribution is -2.39. The maximum atomic E-state index is 14.3. The molecule has 0 spiro atoms. The molecule has 0 bridgehead atoms. The van der Waals surface area contributed by atoms with E-state index >= 15 is 0 Å². The van der Waals surface area contributed by atoms with Gasteiger partial charge in [0.25, 0.3) is 5.91 Å². The molecule has 2 fully saturated rings. The molecule has 12 heteroatoms. The molecule has 1 N–H and O–H groups in total. The predicted molar refractivity (Wildman–Crippen MR) is 186 cm³/mol. The van der Waals surface area contributed by atoms with Crippen molar-refractivity contribution in [1.29, 1.82) is 0 Å². The number of rotatable bonds is 11. The van der Waals surface area contributed by atoms with Crippen LogP contribution in [0.25, 0.3) is 11.0 Å². The zero-order valence-corrected chi connectivity index (χ0v) is 28.4. The van der Waals surface area contributed by atoms with Crippen molar-refractivity contribution in [2.45, 2.75) is 70.7 Å². The number of imidazole rings is 1. The fourth-order valence-corrected chi connectivity index (χ4v) is 6.38. The van der Waals surface area contributed by atoms with E-state index in [2.05, 4.69) is 43.6 Å². The molecule has 0 saturated carbocycles. The van der Waals surface area contributed by atoms with Crippen molar-refractivity contribution < 1.29 is 18.7 Å². The van der Waals surface area contributed by atoms with Crippen molar-refractivity contribution >= 4 is 34.2 Å². The number of amides is 1. The summed E-state index contributed by atoms with van der Waals surface area (Å²) in [6.45, 7) is 8.04. The van der Waals surface area contributed by atoms with Crippen molar-refractivity contribution in [3.8, 4) is 5.88 Å². The van der Waals surface area contributed by atoms with Gasteiger partial charge in [0.2, 0.25) is 5.88 Å². The summed E-state index contributed by atoms with van der Waals surface area (Å²) in [6.07, 6.45) is 6.40. The van der Waals surface area contributed by atoms with Crippen molar-refractivity contribution in [2.75, 3.05) is 25.0 Å². The highest BCUT2D eigenvalue weighted by molar-refractivity contribution is 6.30. The van der Waals surface area contributed by atoms with Gasteiger partial charge < -0.3 is 19.4 Å². The minimum absolute atomic E-state index is 0.0106. The van der Waals surface area contributed by atoms with E-state index in [0.717, 1.165) is 68.1 Å². The topological polar surface area (TPSA) is 107 Å². The fourth-order valence-electron chi connectivity index (χ4n) is 6.22. The van der Waals surface area contributed by atoms with Crippen molar-refractivity contribution in [2.24, 2.45) is 0 Å². The maximum Gasteiger partial charge on any atom is 0.257 e. The third-order valence-corrected chi connectivity index (χ3v) is 9.37. The van der Waals surface area contributed by atoms with Gasteiger partial charge in [0.1, 0.15) is 23.6 Å². The van der Waals surface area contributed by atoms with Crippen LogP contribution < -0.4 is 10.1 Å². The van der Waals surface area contributed by atoms with E-state index in [1.165, 1.54) is 6.07 Å². The average molecular weight is 684 g/mol. The Balaban J connectivity index is 0.992. The maximum absolute atomic E-state index is 14.3. The predicted octanol–water partition coefficient (Wildman–Crippen LogP) is 6.81. The van der Waals surface area contributed by atoms with Crippen LogP contribution in [0.2, 0.25) is 5.02 Å². The number of carbonyl (C=O) groups is 1. The molecule has 254 valence electrons. The van der Waals surface area contributed by atoms with E-state index in [0.29, 0.717) is 46.0 Å². The number of carbonyl (C=O) groups excluding carboxylic acids is 1. The SMILES string of the molecule is CC(C)c1ccc(C(=O)Nc2ccc3c(c2)nc(CN2CCC(Oc4ccnc(Cc5ccc(Cl)cc5F)n4)CC2)n3C[C@@H]2CCO2)cn1. The first kappa shape index (κ1) is 33.1. The third-order valence-electron chi connectivity index (χ3n) is 9.14. The van der Waals surface area contributed by atoms with Crippen LogP contribution in [0.5, 0.6) is 5.88 Å². The summed E-state index contributed by atoms with van der Waals surface area (Å²) in [4.78, 5) is 33.7. The Morgan fingerprint density at radius 2 is 1.90 bits per heavy atom. The molecular formula is C37H39ClFN7O3. The number of nitrogens with one attached hydrogen (secondary N) is 1. The van der Waals surface area contributed by atoms with Crippen molar-refractivity contribution in [3.63, 3.8) is 0 Å². The summed E-state index contributed by atoms with van der Waals surface area (Å²) < 4.78 is 28.6. The Bertz CT molecular complexity index is 1940. The number of fused-ring (bicyclic) bond motifs is 1. The van der Waals surface area contributed by atoms with Gasteiger partial charge in [-0.3, -0.25) is 14.7 Å². The molecule has 0 unspecified atom stereocenters. The molecule has 2 aliphatic heterocycles. The molecule has 10 nitrogen and oxygen atoms in total. The molecular weight excluding hydrogens is 645 g/mol. The van der Waals surface area contributed by atoms with Crippen LogP contribution in [-0.4, -0.2) is 67.2 Å². The van der Waals surface area contributed by atoms with E-state index in [-0.39, 0.29) is 30.4 Å². The Labute approximate surface area is 289 Å². The van der Waals surface area contributed by atoms with Gasteiger partial charge in [0.05, 0.1) is 35.8 Å². The van der Waals surface area contributed by atoms with E-state index in [9.17, 15) is 9.18 Å². The number of likely N-dealkylation sites (tertiary alicyclic amines) is 1. The van der Waals surface area contributed by atoms with Crippen LogP contribution in [0.3, 0.4) is 0 Å². The zero-order valence-electron chi connectivity index (χ0n) is 27.6. The molecule has 0 aliphatic carbocycles. The number of hydrogen-bond donors (Lipinski definition) is 1. The number of pyridine rings is 1. The molecule has 49 heavy (non-hydrogen) atoms. The summed E-state index contributed by atoms with van der Waals surface area (Å²) in [5, 5.41) is 3.36. The van der Waals surface area contributed by atoms with Crippen LogP contribution in [0, 0.1) is 5.82 Å². The van der Waals surface area contributed by atoms with Crippen molar-refractivity contribution in [3.05, 3.63) is 106 Å². The summed E-state index contributed by atoms with van der Waals surface area (Å²) >= 11 is 5.89. The minimum atomic E-state index is -0.378.